The Morgan fingerprint density at radius 2 is 1.77 bits per heavy atom. The molecule has 0 atom stereocenters. The van der Waals surface area contributed by atoms with Crippen LogP contribution in [0.2, 0.25) is 5.15 Å². The van der Waals surface area contributed by atoms with Gasteiger partial charge in [-0.3, -0.25) is 4.79 Å². The summed E-state index contributed by atoms with van der Waals surface area (Å²) in [5, 5.41) is 4.73. The van der Waals surface area contributed by atoms with Crippen LogP contribution in [0.4, 0.5) is 4.39 Å². The number of aryl methyl sites for hydroxylation is 1. The number of carbonyl (C=O) groups is 1. The molecule has 1 aromatic heterocycles. The minimum atomic E-state index is -0.304. The molecule has 6 nitrogen and oxygen atoms in total. The number of hydrogen-bond acceptors (Lipinski definition) is 4. The number of nitrogens with zero attached hydrogens (tertiary/aromatic N) is 3. The van der Waals surface area contributed by atoms with Gasteiger partial charge in [-0.2, -0.15) is 5.10 Å². The molecule has 2 aromatic carbocycles. The molecule has 0 saturated heterocycles. The smallest absolute Gasteiger partial charge is 0.259 e. The Morgan fingerprint density at radius 1 is 1.13 bits per heavy atom. The molecule has 0 aliphatic carbocycles. The van der Waals surface area contributed by atoms with Crippen molar-refractivity contribution in [1.82, 2.24) is 14.7 Å². The highest BCUT2D eigenvalue weighted by molar-refractivity contribution is 6.33. The first-order valence-corrected chi connectivity index (χ1v) is 10.3. The van der Waals surface area contributed by atoms with E-state index >= 15 is 0 Å². The van der Waals surface area contributed by atoms with Crippen LogP contribution in [0.3, 0.4) is 0 Å². The van der Waals surface area contributed by atoms with Gasteiger partial charge in [-0.1, -0.05) is 23.7 Å². The van der Waals surface area contributed by atoms with Gasteiger partial charge in [0.15, 0.2) is 11.5 Å². The SMILES string of the molecule is COc1cc2c(cc1OC)CN(C(=O)c1c(C)nn(Cc3ccc(F)cc3)c1Cl)CC2. The molecule has 0 saturated carbocycles. The summed E-state index contributed by atoms with van der Waals surface area (Å²) in [5.74, 6) is 0.856. The zero-order chi connectivity index (χ0) is 22.1. The van der Waals surface area contributed by atoms with E-state index in [2.05, 4.69) is 5.10 Å². The van der Waals surface area contributed by atoms with E-state index in [1.807, 2.05) is 12.1 Å². The van der Waals surface area contributed by atoms with Gasteiger partial charge in [0, 0.05) is 13.1 Å². The summed E-state index contributed by atoms with van der Waals surface area (Å²) in [5.41, 5.74) is 3.96. The fourth-order valence-electron chi connectivity index (χ4n) is 3.88. The summed E-state index contributed by atoms with van der Waals surface area (Å²) in [6.07, 6.45) is 0.710. The molecule has 0 spiro atoms. The number of hydrogen-bond donors (Lipinski definition) is 0. The van der Waals surface area contributed by atoms with Gasteiger partial charge < -0.3 is 14.4 Å². The lowest BCUT2D eigenvalue weighted by atomic mass is 9.98. The Kier molecular flexibility index (Phi) is 5.87. The second-order valence-electron chi connectivity index (χ2n) is 7.49. The maximum absolute atomic E-state index is 13.3. The van der Waals surface area contributed by atoms with E-state index in [1.165, 1.54) is 12.1 Å². The van der Waals surface area contributed by atoms with Crippen LogP contribution in [0, 0.1) is 12.7 Å². The van der Waals surface area contributed by atoms with Crippen molar-refractivity contribution in [2.45, 2.75) is 26.4 Å². The molecule has 1 aliphatic heterocycles. The lowest BCUT2D eigenvalue weighted by Crippen LogP contribution is -2.36. The molecule has 4 rings (SSSR count). The van der Waals surface area contributed by atoms with Crippen LogP contribution < -0.4 is 9.47 Å². The number of methoxy groups -OCH3 is 2. The topological polar surface area (TPSA) is 56.6 Å². The van der Waals surface area contributed by atoms with Gasteiger partial charge in [0.1, 0.15) is 11.0 Å². The van der Waals surface area contributed by atoms with E-state index in [1.54, 1.807) is 42.9 Å². The van der Waals surface area contributed by atoms with Crippen LogP contribution in [-0.2, 0) is 19.5 Å². The third-order valence-corrected chi connectivity index (χ3v) is 5.91. The number of aromatic nitrogens is 2. The summed E-state index contributed by atoms with van der Waals surface area (Å²) in [7, 11) is 3.20. The molecule has 0 radical (unpaired) electrons. The fourth-order valence-corrected chi connectivity index (χ4v) is 4.19. The van der Waals surface area contributed by atoms with Crippen LogP contribution in [0.25, 0.3) is 0 Å². The standard InChI is InChI=1S/C23H23ClFN3O3/c1-14-21(22(24)28(26-14)12-15-4-6-18(25)7-5-15)23(29)27-9-8-16-10-19(30-2)20(31-3)11-17(16)13-27/h4-7,10-11H,8-9,12-13H2,1-3H3. The largest absolute Gasteiger partial charge is 0.493 e. The van der Waals surface area contributed by atoms with Crippen LogP contribution in [0.15, 0.2) is 36.4 Å². The van der Waals surface area contributed by atoms with E-state index in [4.69, 9.17) is 21.1 Å². The molecule has 2 heterocycles. The molecule has 8 heteroatoms. The average molecular weight is 444 g/mol. The summed E-state index contributed by atoms with van der Waals surface area (Å²) in [4.78, 5) is 15.1. The fraction of sp³-hybridized carbons (Fsp3) is 0.304. The number of rotatable bonds is 5. The third-order valence-electron chi connectivity index (χ3n) is 5.53. The van der Waals surface area contributed by atoms with Gasteiger partial charge in [-0.25, -0.2) is 9.07 Å². The normalized spacial score (nSPS) is 13.1. The van der Waals surface area contributed by atoms with Crippen molar-refractivity contribution in [2.75, 3.05) is 20.8 Å². The molecule has 1 amide bonds. The number of fused-ring (bicyclic) bond motifs is 1. The van der Waals surface area contributed by atoms with E-state index in [9.17, 15) is 9.18 Å². The first kappa shape index (κ1) is 21.2. The highest BCUT2D eigenvalue weighted by atomic mass is 35.5. The minimum Gasteiger partial charge on any atom is -0.493 e. The van der Waals surface area contributed by atoms with E-state index in [-0.39, 0.29) is 16.9 Å². The van der Waals surface area contributed by atoms with E-state index in [0.717, 1.165) is 16.7 Å². The van der Waals surface area contributed by atoms with Crippen molar-refractivity contribution in [1.29, 1.82) is 0 Å². The molecule has 162 valence electrons. The summed E-state index contributed by atoms with van der Waals surface area (Å²) in [6.45, 7) is 3.15. The zero-order valence-corrected chi connectivity index (χ0v) is 18.4. The summed E-state index contributed by atoms with van der Waals surface area (Å²) >= 11 is 6.55. The molecule has 0 bridgehead atoms. The predicted molar refractivity (Wildman–Crippen MR) is 115 cm³/mol. The number of carbonyl (C=O) groups excluding carboxylic acids is 1. The van der Waals surface area contributed by atoms with Crippen LogP contribution >= 0.6 is 11.6 Å². The average Bonchev–Trinajstić information content (AvgIpc) is 3.06. The molecular weight excluding hydrogens is 421 g/mol. The number of ether oxygens (including phenoxy) is 2. The Balaban J connectivity index is 1.58. The number of benzene rings is 2. The molecular formula is C23H23ClFN3O3. The van der Waals surface area contributed by atoms with Gasteiger partial charge in [0.05, 0.1) is 32.0 Å². The van der Waals surface area contributed by atoms with Crippen LogP contribution in [0.1, 0.15) is 32.7 Å². The quantitative estimate of drug-likeness (QED) is 0.591. The van der Waals surface area contributed by atoms with Crippen LogP contribution in [-0.4, -0.2) is 41.4 Å². The van der Waals surface area contributed by atoms with Crippen molar-refractivity contribution in [2.24, 2.45) is 0 Å². The van der Waals surface area contributed by atoms with Crippen molar-refractivity contribution in [3.05, 3.63) is 75.3 Å². The number of halogens is 2. The van der Waals surface area contributed by atoms with Gasteiger partial charge in [-0.05, 0) is 54.3 Å². The molecule has 0 unspecified atom stereocenters. The monoisotopic (exact) mass is 443 g/mol. The van der Waals surface area contributed by atoms with Crippen molar-refractivity contribution < 1.29 is 18.7 Å². The van der Waals surface area contributed by atoms with Crippen LogP contribution in [0.5, 0.6) is 11.5 Å². The molecule has 0 fully saturated rings. The molecule has 0 N–H and O–H groups in total. The molecule has 3 aromatic rings. The third kappa shape index (κ3) is 4.10. The number of amides is 1. The summed E-state index contributed by atoms with van der Waals surface area (Å²) in [6, 6.07) is 10.0. The van der Waals surface area contributed by atoms with E-state index < -0.39 is 0 Å². The highest BCUT2D eigenvalue weighted by Gasteiger charge is 2.28. The maximum atomic E-state index is 13.3. The first-order valence-electron chi connectivity index (χ1n) is 9.91. The zero-order valence-electron chi connectivity index (χ0n) is 17.6. The predicted octanol–water partition coefficient (Wildman–Crippen LogP) is 4.25. The Hall–Kier alpha value is -3.06. The van der Waals surface area contributed by atoms with Gasteiger partial charge in [-0.15, -0.1) is 0 Å². The maximum Gasteiger partial charge on any atom is 0.259 e. The van der Waals surface area contributed by atoms with Crippen molar-refractivity contribution in [3.8, 4) is 11.5 Å². The molecule has 1 aliphatic rings. The van der Waals surface area contributed by atoms with Gasteiger partial charge in [0.25, 0.3) is 5.91 Å². The second kappa shape index (κ2) is 8.59. The first-order chi connectivity index (χ1) is 14.9. The molecule has 31 heavy (non-hydrogen) atoms. The lowest BCUT2D eigenvalue weighted by molar-refractivity contribution is 0.0733. The minimum absolute atomic E-state index is 0.159. The Bertz CT molecular complexity index is 1130. The van der Waals surface area contributed by atoms with Gasteiger partial charge >= 0.3 is 0 Å². The van der Waals surface area contributed by atoms with Crippen molar-refractivity contribution >= 4 is 17.5 Å². The Labute approximate surface area is 185 Å². The van der Waals surface area contributed by atoms with Gasteiger partial charge in [0.2, 0.25) is 0 Å². The Morgan fingerprint density at radius 3 is 2.42 bits per heavy atom. The summed E-state index contributed by atoms with van der Waals surface area (Å²) < 4.78 is 25.5. The lowest BCUT2D eigenvalue weighted by Gasteiger charge is -2.29. The van der Waals surface area contributed by atoms with E-state index in [0.29, 0.717) is 48.8 Å². The highest BCUT2D eigenvalue weighted by Crippen LogP contribution is 2.34. The van der Waals surface area contributed by atoms with Crippen molar-refractivity contribution in [3.63, 3.8) is 0 Å². The second-order valence-corrected chi connectivity index (χ2v) is 7.85.